The Balaban J connectivity index is 3.98. The average Bonchev–Trinajstić information content (AvgIpc) is 1.83. The molecule has 0 aliphatic carbocycles. The third-order valence-electron chi connectivity index (χ3n) is 1.60. The summed E-state index contributed by atoms with van der Waals surface area (Å²) < 4.78 is 6.56. The fraction of sp³-hybridized carbons (Fsp3) is 1.00. The molecule has 1 atom stereocenters. The molecule has 0 saturated carbocycles. The Morgan fingerprint density at radius 1 is 1.50 bits per heavy atom. The van der Waals surface area contributed by atoms with Gasteiger partial charge in [-0.3, -0.25) is 0 Å². The van der Waals surface area contributed by atoms with Gasteiger partial charge in [0.2, 0.25) is 1.43 Å². The van der Waals surface area contributed by atoms with Crippen LogP contribution in [-0.4, -0.2) is 17.9 Å². The van der Waals surface area contributed by atoms with E-state index in [-0.39, 0.29) is 5.41 Å². The normalized spacial score (nSPS) is 17.2. The molecule has 0 aliphatic heterocycles. The van der Waals surface area contributed by atoms with Crippen LogP contribution in [0.25, 0.3) is 0 Å². The highest BCUT2D eigenvalue weighted by atomic mass is 16.5. The van der Waals surface area contributed by atoms with Crippen LogP contribution < -0.4 is 0 Å². The van der Waals surface area contributed by atoms with E-state index in [9.17, 15) is 5.11 Å². The van der Waals surface area contributed by atoms with Gasteiger partial charge in [0.25, 0.3) is 0 Å². The standard InChI is InChI=1S/C8H18O2/c1-6(2)5-8(3,4)7(9)10/h6-7,9-10H,5H2,1-4H3/i9D. The molecule has 0 rings (SSSR count). The fourth-order valence-electron chi connectivity index (χ4n) is 1.15. The number of hydrogen-bond acceptors (Lipinski definition) is 2. The zero-order chi connectivity index (χ0) is 9.07. The maximum atomic E-state index is 9.22. The molecule has 10 heavy (non-hydrogen) atoms. The Kier molecular flexibility index (Phi) is 2.69. The van der Waals surface area contributed by atoms with Crippen LogP contribution in [0.3, 0.4) is 0 Å². The van der Waals surface area contributed by atoms with E-state index < -0.39 is 6.29 Å². The molecule has 2 nitrogen and oxygen atoms in total. The predicted octanol–water partition coefficient (Wildman–Crippen LogP) is 1.37. The molecule has 0 aromatic heterocycles. The van der Waals surface area contributed by atoms with E-state index in [2.05, 4.69) is 19.0 Å². The highest BCUT2D eigenvalue weighted by Crippen LogP contribution is 2.27. The predicted molar refractivity (Wildman–Crippen MR) is 41.5 cm³/mol. The maximum Gasteiger partial charge on any atom is 0.213 e. The summed E-state index contributed by atoms with van der Waals surface area (Å²) in [5.41, 5.74) is -0.323. The van der Waals surface area contributed by atoms with Crippen LogP contribution >= 0.6 is 0 Å². The lowest BCUT2D eigenvalue weighted by molar-refractivity contribution is -0.127. The lowest BCUT2D eigenvalue weighted by Gasteiger charge is -2.28. The second kappa shape index (κ2) is 3.35. The van der Waals surface area contributed by atoms with Crippen LogP contribution in [0.1, 0.15) is 34.1 Å². The molecule has 0 aliphatic rings. The van der Waals surface area contributed by atoms with Crippen LogP contribution in [0.2, 0.25) is 0 Å². The average molecular weight is 147 g/mol. The molecule has 0 aromatic carbocycles. The Morgan fingerprint density at radius 2 is 2.00 bits per heavy atom. The first-order valence-electron chi connectivity index (χ1n) is 4.11. The zero-order valence-corrected chi connectivity index (χ0v) is 7.22. The molecule has 0 amide bonds. The first-order valence-corrected chi connectivity index (χ1v) is 3.70. The Morgan fingerprint density at radius 3 is 2.30 bits per heavy atom. The minimum atomic E-state index is -0.982. The van der Waals surface area contributed by atoms with Gasteiger partial charge >= 0.3 is 0 Å². The van der Waals surface area contributed by atoms with Crippen molar-refractivity contribution in [3.8, 4) is 0 Å². The molecule has 2 N–H and O–H groups in total. The van der Waals surface area contributed by atoms with Crippen molar-refractivity contribution in [3.05, 3.63) is 0 Å². The SMILES string of the molecule is [2H]OC(O)C(C)(C)CC(C)C. The minimum absolute atomic E-state index is 0.323. The van der Waals surface area contributed by atoms with Crippen molar-refractivity contribution >= 4 is 0 Å². The zero-order valence-electron chi connectivity index (χ0n) is 8.22. The molecule has 2 heteroatoms. The first kappa shape index (κ1) is 8.02. The van der Waals surface area contributed by atoms with Gasteiger partial charge in [-0.15, -0.1) is 0 Å². The Labute approximate surface area is 64.4 Å². The molecule has 0 spiro atoms. The summed E-state index contributed by atoms with van der Waals surface area (Å²) in [7, 11) is 0. The van der Waals surface area contributed by atoms with Crippen molar-refractivity contribution < 1.29 is 10.2 Å². The summed E-state index contributed by atoms with van der Waals surface area (Å²) in [5.74, 6) is 0.509. The van der Waals surface area contributed by atoms with Crippen LogP contribution in [-0.2, 0) is 0 Å². The van der Waals surface area contributed by atoms with Crippen LogP contribution in [0.4, 0.5) is 0 Å². The van der Waals surface area contributed by atoms with Gasteiger partial charge in [0.1, 0.15) is 0 Å². The third kappa shape index (κ3) is 3.18. The second-order valence-electron chi connectivity index (χ2n) is 3.94. The smallest absolute Gasteiger partial charge is 0.213 e. The number of rotatable bonds is 4. The molecule has 0 saturated heterocycles. The molecule has 0 aromatic rings. The fourth-order valence-corrected chi connectivity index (χ4v) is 1.15. The van der Waals surface area contributed by atoms with E-state index in [1.54, 1.807) is 0 Å². The summed E-state index contributed by atoms with van der Waals surface area (Å²) >= 11 is 0. The minimum Gasteiger partial charge on any atom is -0.368 e. The molecule has 0 radical (unpaired) electrons. The van der Waals surface area contributed by atoms with Crippen molar-refractivity contribution in [3.63, 3.8) is 0 Å². The Hall–Kier alpha value is -0.0800. The lowest BCUT2D eigenvalue weighted by atomic mass is 9.83. The molecule has 0 fully saturated rings. The van der Waals surface area contributed by atoms with Crippen LogP contribution in [0, 0.1) is 11.3 Å². The van der Waals surface area contributed by atoms with Gasteiger partial charge in [-0.25, -0.2) is 0 Å². The van der Waals surface area contributed by atoms with Crippen molar-refractivity contribution in [1.29, 1.82) is 1.43 Å². The topological polar surface area (TPSA) is 40.5 Å². The van der Waals surface area contributed by atoms with E-state index in [4.69, 9.17) is 1.43 Å². The van der Waals surface area contributed by atoms with E-state index in [1.807, 2.05) is 13.8 Å². The van der Waals surface area contributed by atoms with E-state index in [0.717, 1.165) is 6.42 Å². The molecular formula is C8H18O2. The van der Waals surface area contributed by atoms with Gasteiger partial charge in [-0.05, 0) is 12.3 Å². The van der Waals surface area contributed by atoms with E-state index in [1.165, 1.54) is 0 Å². The van der Waals surface area contributed by atoms with Gasteiger partial charge < -0.3 is 10.2 Å². The van der Waals surface area contributed by atoms with Crippen LogP contribution in [0.15, 0.2) is 0 Å². The quantitative estimate of drug-likeness (QED) is 0.590. The molecule has 0 heterocycles. The summed E-state index contributed by atoms with van der Waals surface area (Å²) in [5, 5.41) is 13.3. The Bertz CT molecular complexity index is 113. The lowest BCUT2D eigenvalue weighted by Crippen LogP contribution is -2.30. The van der Waals surface area contributed by atoms with Gasteiger partial charge in [0.05, 0.1) is 0 Å². The van der Waals surface area contributed by atoms with Gasteiger partial charge in [-0.1, -0.05) is 27.7 Å². The van der Waals surface area contributed by atoms with Crippen molar-refractivity contribution in [1.82, 2.24) is 0 Å². The maximum absolute atomic E-state index is 9.22. The summed E-state index contributed by atoms with van der Waals surface area (Å²) in [6.45, 7) is 7.95. The highest BCUT2D eigenvalue weighted by molar-refractivity contribution is 4.71. The van der Waals surface area contributed by atoms with E-state index >= 15 is 0 Å². The molecule has 1 unspecified atom stereocenters. The van der Waals surface area contributed by atoms with E-state index in [0.29, 0.717) is 5.92 Å². The van der Waals surface area contributed by atoms with Crippen molar-refractivity contribution in [2.75, 3.05) is 0 Å². The molecule has 62 valence electrons. The molecular weight excluding hydrogens is 128 g/mol. The largest absolute Gasteiger partial charge is 0.368 e. The van der Waals surface area contributed by atoms with Gasteiger partial charge in [0.15, 0.2) is 6.29 Å². The number of aliphatic hydroxyl groups excluding tert-OH is 1. The van der Waals surface area contributed by atoms with Crippen molar-refractivity contribution in [2.45, 2.75) is 40.4 Å². The summed E-state index contributed by atoms with van der Waals surface area (Å²) in [6, 6.07) is 0. The number of hydrogen-bond donors (Lipinski definition) is 2. The van der Waals surface area contributed by atoms with Gasteiger partial charge in [0, 0.05) is 5.41 Å². The van der Waals surface area contributed by atoms with Gasteiger partial charge in [-0.2, -0.15) is 0 Å². The monoisotopic (exact) mass is 147 g/mol. The second-order valence-corrected chi connectivity index (χ2v) is 3.94. The summed E-state index contributed by atoms with van der Waals surface area (Å²) in [4.78, 5) is 0. The summed E-state index contributed by atoms with van der Waals surface area (Å²) in [6.07, 6.45) is -0.127. The third-order valence-corrected chi connectivity index (χ3v) is 1.60. The number of aliphatic hydroxyl groups is 2. The highest BCUT2D eigenvalue weighted by Gasteiger charge is 2.26. The first-order chi connectivity index (χ1) is 4.90. The van der Waals surface area contributed by atoms with Crippen molar-refractivity contribution in [2.24, 2.45) is 11.3 Å². The molecule has 0 bridgehead atoms. The van der Waals surface area contributed by atoms with Crippen LogP contribution in [0.5, 0.6) is 0 Å².